The van der Waals surface area contributed by atoms with E-state index in [1.165, 1.54) is 334 Å². The molecule has 0 heterocycles. The van der Waals surface area contributed by atoms with Crippen LogP contribution in [0.5, 0.6) is 0 Å². The maximum Gasteiger partial charge on any atom is 0.308 e. The molecular formula is C60H120O2. The van der Waals surface area contributed by atoms with Gasteiger partial charge in [-0.05, 0) is 12.8 Å². The highest BCUT2D eigenvalue weighted by atomic mass is 16.5. The Kier molecular flexibility index (Phi) is 56.1. The number of carbonyl (C=O) groups is 1. The number of unbranched alkanes of at least 4 members (excludes halogenated alkanes) is 52. The summed E-state index contributed by atoms with van der Waals surface area (Å²) in [5, 5.41) is 0. The highest BCUT2D eigenvalue weighted by Crippen LogP contribution is 2.19. The SMILES string of the molecule is CCCCCCCCCCCCCCCCCCCCCCCCCCCCCCCCCCCCCCCCCCCCCCCCCCCCCCCOC(=O)C(C)CC. The zero-order valence-corrected chi connectivity index (χ0v) is 43.8. The van der Waals surface area contributed by atoms with Crippen molar-refractivity contribution in [2.24, 2.45) is 5.92 Å². The van der Waals surface area contributed by atoms with E-state index in [0.29, 0.717) is 6.61 Å². The Morgan fingerprint density at radius 1 is 0.258 bits per heavy atom. The third kappa shape index (κ3) is 53.8. The van der Waals surface area contributed by atoms with Crippen LogP contribution in [0.15, 0.2) is 0 Å². The van der Waals surface area contributed by atoms with Gasteiger partial charge in [0.05, 0.1) is 12.5 Å². The molecule has 62 heavy (non-hydrogen) atoms. The van der Waals surface area contributed by atoms with Crippen molar-refractivity contribution in [2.45, 2.75) is 367 Å². The van der Waals surface area contributed by atoms with E-state index < -0.39 is 0 Å². The average Bonchev–Trinajstić information content (AvgIpc) is 3.28. The van der Waals surface area contributed by atoms with Crippen LogP contribution in [0.2, 0.25) is 0 Å². The van der Waals surface area contributed by atoms with E-state index in [-0.39, 0.29) is 11.9 Å². The van der Waals surface area contributed by atoms with Gasteiger partial charge in [0.15, 0.2) is 0 Å². The van der Waals surface area contributed by atoms with Gasteiger partial charge in [0.25, 0.3) is 0 Å². The first-order valence-electron chi connectivity index (χ1n) is 29.9. The molecule has 0 fully saturated rings. The molecule has 0 saturated heterocycles. The van der Waals surface area contributed by atoms with E-state index in [1.54, 1.807) is 0 Å². The summed E-state index contributed by atoms with van der Waals surface area (Å²) in [6, 6.07) is 0. The van der Waals surface area contributed by atoms with Crippen molar-refractivity contribution in [1.29, 1.82) is 0 Å². The summed E-state index contributed by atoms with van der Waals surface area (Å²) in [6.07, 6.45) is 78.0. The van der Waals surface area contributed by atoms with Gasteiger partial charge < -0.3 is 4.74 Å². The first-order valence-corrected chi connectivity index (χ1v) is 29.9. The fourth-order valence-electron chi connectivity index (χ4n) is 9.67. The molecule has 0 aliphatic rings. The molecule has 0 N–H and O–H groups in total. The average molecular weight is 874 g/mol. The third-order valence-corrected chi connectivity index (χ3v) is 14.5. The molecule has 0 aromatic rings. The van der Waals surface area contributed by atoms with Crippen LogP contribution in [-0.4, -0.2) is 12.6 Å². The molecule has 0 aliphatic carbocycles. The maximum atomic E-state index is 11.7. The molecule has 2 heteroatoms. The van der Waals surface area contributed by atoms with Crippen LogP contribution >= 0.6 is 0 Å². The molecule has 2 nitrogen and oxygen atoms in total. The third-order valence-electron chi connectivity index (χ3n) is 14.5. The molecule has 0 amide bonds. The Morgan fingerprint density at radius 2 is 0.403 bits per heavy atom. The second-order valence-electron chi connectivity index (χ2n) is 20.9. The molecule has 0 saturated carbocycles. The highest BCUT2D eigenvalue weighted by Gasteiger charge is 2.11. The van der Waals surface area contributed by atoms with Crippen LogP contribution in [0.1, 0.15) is 367 Å². The Balaban J connectivity index is 3.08. The van der Waals surface area contributed by atoms with Crippen molar-refractivity contribution >= 4 is 5.97 Å². The number of hydrogen-bond acceptors (Lipinski definition) is 2. The van der Waals surface area contributed by atoms with Crippen molar-refractivity contribution in [3.63, 3.8) is 0 Å². The second-order valence-corrected chi connectivity index (χ2v) is 20.9. The Labute approximate surface area is 394 Å². The molecule has 0 aliphatic heterocycles. The second kappa shape index (κ2) is 56.6. The summed E-state index contributed by atoms with van der Waals surface area (Å²) in [5.41, 5.74) is 0. The fraction of sp³-hybridized carbons (Fsp3) is 0.983. The van der Waals surface area contributed by atoms with E-state index in [9.17, 15) is 4.79 Å². The zero-order valence-electron chi connectivity index (χ0n) is 43.8. The Hall–Kier alpha value is -0.530. The van der Waals surface area contributed by atoms with Crippen LogP contribution in [0, 0.1) is 5.92 Å². The lowest BCUT2D eigenvalue weighted by Crippen LogP contribution is -2.14. The van der Waals surface area contributed by atoms with E-state index in [1.807, 2.05) is 13.8 Å². The fourth-order valence-corrected chi connectivity index (χ4v) is 9.67. The van der Waals surface area contributed by atoms with Gasteiger partial charge in [0.2, 0.25) is 0 Å². The Bertz CT molecular complexity index is 792. The quantitative estimate of drug-likeness (QED) is 0.0450. The van der Waals surface area contributed by atoms with Crippen molar-refractivity contribution in [3.05, 3.63) is 0 Å². The maximum absolute atomic E-state index is 11.7. The molecule has 372 valence electrons. The standard InChI is InChI=1S/C60H120O2/c1-4-6-7-8-9-10-11-12-13-14-15-16-17-18-19-20-21-22-23-24-25-26-27-28-29-30-31-32-33-34-35-36-37-38-39-40-41-42-43-44-45-46-47-48-49-50-51-52-53-54-55-56-57-58-62-60(61)59(3)5-2/h59H,4-58H2,1-3H3. The lowest BCUT2D eigenvalue weighted by atomic mass is 10.0. The smallest absolute Gasteiger partial charge is 0.308 e. The molecule has 0 rings (SSSR count). The summed E-state index contributed by atoms with van der Waals surface area (Å²) in [5.74, 6) is 0.0344. The van der Waals surface area contributed by atoms with Gasteiger partial charge >= 0.3 is 5.97 Å². The number of hydrogen-bond donors (Lipinski definition) is 0. The summed E-state index contributed by atoms with van der Waals surface area (Å²) < 4.78 is 5.34. The van der Waals surface area contributed by atoms with Crippen LogP contribution in [0.25, 0.3) is 0 Å². The highest BCUT2D eigenvalue weighted by molar-refractivity contribution is 5.71. The van der Waals surface area contributed by atoms with Gasteiger partial charge in [0.1, 0.15) is 0 Å². The van der Waals surface area contributed by atoms with Crippen molar-refractivity contribution in [2.75, 3.05) is 6.61 Å². The van der Waals surface area contributed by atoms with Crippen LogP contribution in [0.4, 0.5) is 0 Å². The predicted molar refractivity (Wildman–Crippen MR) is 281 cm³/mol. The Morgan fingerprint density at radius 3 is 0.548 bits per heavy atom. The molecule has 0 aromatic carbocycles. The van der Waals surface area contributed by atoms with Gasteiger partial charge in [-0.15, -0.1) is 0 Å². The number of carbonyl (C=O) groups excluding carboxylic acids is 1. The number of ether oxygens (including phenoxy) is 1. The number of esters is 1. The lowest BCUT2D eigenvalue weighted by molar-refractivity contribution is -0.148. The van der Waals surface area contributed by atoms with Gasteiger partial charge in [-0.2, -0.15) is 0 Å². The summed E-state index contributed by atoms with van der Waals surface area (Å²) >= 11 is 0. The minimum absolute atomic E-state index is 0.0182. The molecule has 0 radical (unpaired) electrons. The van der Waals surface area contributed by atoms with Crippen molar-refractivity contribution < 1.29 is 9.53 Å². The molecule has 0 aromatic heterocycles. The first kappa shape index (κ1) is 61.5. The van der Waals surface area contributed by atoms with Crippen molar-refractivity contribution in [3.8, 4) is 0 Å². The lowest BCUT2D eigenvalue weighted by Gasteiger charge is -2.09. The minimum atomic E-state index is -0.0182. The van der Waals surface area contributed by atoms with Gasteiger partial charge in [0, 0.05) is 0 Å². The minimum Gasteiger partial charge on any atom is -0.465 e. The first-order chi connectivity index (χ1) is 30.7. The topological polar surface area (TPSA) is 26.3 Å². The molecule has 1 atom stereocenters. The van der Waals surface area contributed by atoms with Crippen LogP contribution in [-0.2, 0) is 9.53 Å². The van der Waals surface area contributed by atoms with Crippen LogP contribution < -0.4 is 0 Å². The molecule has 0 bridgehead atoms. The van der Waals surface area contributed by atoms with E-state index in [4.69, 9.17) is 4.74 Å². The molecule has 1 unspecified atom stereocenters. The van der Waals surface area contributed by atoms with Gasteiger partial charge in [-0.3, -0.25) is 4.79 Å². The normalized spacial score (nSPS) is 12.1. The van der Waals surface area contributed by atoms with Gasteiger partial charge in [-0.1, -0.05) is 355 Å². The largest absolute Gasteiger partial charge is 0.465 e. The van der Waals surface area contributed by atoms with Crippen LogP contribution in [0.3, 0.4) is 0 Å². The molecular weight excluding hydrogens is 753 g/mol. The monoisotopic (exact) mass is 873 g/mol. The van der Waals surface area contributed by atoms with Gasteiger partial charge in [-0.25, -0.2) is 0 Å². The summed E-state index contributed by atoms with van der Waals surface area (Å²) in [4.78, 5) is 11.7. The predicted octanol–water partition coefficient (Wildman–Crippen LogP) is 22.3. The number of rotatable bonds is 56. The zero-order chi connectivity index (χ0) is 44.8. The van der Waals surface area contributed by atoms with E-state index in [2.05, 4.69) is 6.92 Å². The van der Waals surface area contributed by atoms with Crippen molar-refractivity contribution in [1.82, 2.24) is 0 Å². The summed E-state index contributed by atoms with van der Waals surface area (Å²) in [7, 11) is 0. The van der Waals surface area contributed by atoms with E-state index >= 15 is 0 Å². The van der Waals surface area contributed by atoms with E-state index in [0.717, 1.165) is 12.8 Å². The summed E-state index contributed by atoms with van der Waals surface area (Å²) in [6.45, 7) is 6.92. The molecule has 0 spiro atoms.